The number of carbonyl (C=O) groups is 1. The van der Waals surface area contributed by atoms with Crippen molar-refractivity contribution in [2.24, 2.45) is 0 Å². The smallest absolute Gasteiger partial charge is 0.240 e. The first-order chi connectivity index (χ1) is 11.1. The Morgan fingerprint density at radius 1 is 1.39 bits per heavy atom. The predicted molar refractivity (Wildman–Crippen MR) is 93.8 cm³/mol. The molecule has 0 aliphatic carbocycles. The van der Waals surface area contributed by atoms with Crippen LogP contribution in [0.2, 0.25) is 0 Å². The number of thiophene rings is 1. The van der Waals surface area contributed by atoms with Crippen LogP contribution >= 0.6 is 23.6 Å². The number of aryl methyl sites for hydroxylation is 1. The summed E-state index contributed by atoms with van der Waals surface area (Å²) < 4.78 is 2.16. The Bertz CT molecular complexity index is 864. The first kappa shape index (κ1) is 15.6. The summed E-state index contributed by atoms with van der Waals surface area (Å²) in [6, 6.07) is 12.0. The van der Waals surface area contributed by atoms with Crippen molar-refractivity contribution in [1.82, 2.24) is 20.1 Å². The number of aromatic amines is 1. The molecule has 3 aromatic rings. The minimum absolute atomic E-state index is 0.0955. The van der Waals surface area contributed by atoms with Crippen molar-refractivity contribution in [2.45, 2.75) is 20.0 Å². The van der Waals surface area contributed by atoms with Gasteiger partial charge in [-0.3, -0.25) is 14.5 Å². The van der Waals surface area contributed by atoms with Crippen LogP contribution in [0.4, 0.5) is 0 Å². The molecule has 0 bridgehead atoms. The van der Waals surface area contributed by atoms with Gasteiger partial charge in [-0.05, 0) is 36.2 Å². The normalized spacial score (nSPS) is 10.7. The zero-order valence-electron chi connectivity index (χ0n) is 12.6. The van der Waals surface area contributed by atoms with Crippen molar-refractivity contribution < 1.29 is 4.79 Å². The van der Waals surface area contributed by atoms with Crippen molar-refractivity contribution in [2.75, 3.05) is 0 Å². The minimum atomic E-state index is -0.0955. The summed E-state index contributed by atoms with van der Waals surface area (Å²) in [5, 5.41) is 11.9. The molecule has 118 valence electrons. The minimum Gasteiger partial charge on any atom is -0.350 e. The summed E-state index contributed by atoms with van der Waals surface area (Å²) in [4.78, 5) is 13.2. The number of benzene rings is 1. The number of hydrogen-bond acceptors (Lipinski definition) is 4. The molecule has 0 radical (unpaired) electrons. The molecule has 2 heterocycles. The molecule has 0 saturated heterocycles. The number of carbonyl (C=O) groups excluding carboxylic acids is 1. The summed E-state index contributed by atoms with van der Waals surface area (Å²) in [6.07, 6.45) is 0. The molecule has 2 aromatic heterocycles. The van der Waals surface area contributed by atoms with Gasteiger partial charge in [-0.1, -0.05) is 35.9 Å². The maximum absolute atomic E-state index is 12.2. The highest BCUT2D eigenvalue weighted by Gasteiger charge is 2.12. The second kappa shape index (κ2) is 6.89. The predicted octanol–water partition coefficient (Wildman–Crippen LogP) is 3.29. The highest BCUT2D eigenvalue weighted by molar-refractivity contribution is 7.71. The van der Waals surface area contributed by atoms with Gasteiger partial charge in [0.2, 0.25) is 5.91 Å². The van der Waals surface area contributed by atoms with Gasteiger partial charge in [-0.2, -0.15) is 5.10 Å². The molecule has 3 rings (SSSR count). The molecule has 2 N–H and O–H groups in total. The molecule has 5 nitrogen and oxygen atoms in total. The number of aromatic nitrogens is 3. The molecule has 0 aliphatic heterocycles. The monoisotopic (exact) mass is 344 g/mol. The van der Waals surface area contributed by atoms with Crippen molar-refractivity contribution >= 4 is 29.5 Å². The van der Waals surface area contributed by atoms with E-state index in [1.807, 2.05) is 42.6 Å². The fraction of sp³-hybridized carbons (Fsp3) is 0.188. The molecule has 1 amide bonds. The van der Waals surface area contributed by atoms with E-state index in [-0.39, 0.29) is 12.5 Å². The van der Waals surface area contributed by atoms with Gasteiger partial charge in [0, 0.05) is 6.54 Å². The quantitative estimate of drug-likeness (QED) is 0.698. The third-order valence-electron chi connectivity index (χ3n) is 3.37. The molecule has 0 saturated carbocycles. The van der Waals surface area contributed by atoms with Crippen LogP contribution in [0.5, 0.6) is 0 Å². The fourth-order valence-electron chi connectivity index (χ4n) is 2.28. The summed E-state index contributed by atoms with van der Waals surface area (Å²) in [6.45, 7) is 2.68. The third kappa shape index (κ3) is 3.75. The largest absolute Gasteiger partial charge is 0.350 e. The lowest BCUT2D eigenvalue weighted by Gasteiger charge is -2.08. The van der Waals surface area contributed by atoms with Crippen LogP contribution in [0, 0.1) is 11.7 Å². The molecule has 0 aliphatic rings. The van der Waals surface area contributed by atoms with Gasteiger partial charge >= 0.3 is 0 Å². The van der Waals surface area contributed by atoms with Crippen molar-refractivity contribution in [3.8, 4) is 10.7 Å². The van der Waals surface area contributed by atoms with E-state index in [4.69, 9.17) is 12.2 Å². The van der Waals surface area contributed by atoms with Crippen molar-refractivity contribution in [3.63, 3.8) is 0 Å². The summed E-state index contributed by atoms with van der Waals surface area (Å²) in [5.41, 5.74) is 2.25. The van der Waals surface area contributed by atoms with Crippen LogP contribution in [-0.4, -0.2) is 20.7 Å². The number of nitrogens with one attached hydrogen (secondary N) is 2. The molecule has 0 atom stereocenters. The van der Waals surface area contributed by atoms with E-state index in [1.54, 1.807) is 15.9 Å². The Hall–Kier alpha value is -2.25. The van der Waals surface area contributed by atoms with E-state index in [2.05, 4.69) is 21.6 Å². The molecule has 7 heteroatoms. The van der Waals surface area contributed by atoms with Gasteiger partial charge in [0.25, 0.3) is 0 Å². The Morgan fingerprint density at radius 2 is 2.26 bits per heavy atom. The zero-order valence-corrected chi connectivity index (χ0v) is 14.2. The maximum Gasteiger partial charge on any atom is 0.240 e. The highest BCUT2D eigenvalue weighted by Crippen LogP contribution is 2.22. The fourth-order valence-corrected chi connectivity index (χ4v) is 3.20. The SMILES string of the molecule is Cc1cccc(CNC(=O)Cn2c(-c3cccs3)n[nH]c2=S)c1. The lowest BCUT2D eigenvalue weighted by Crippen LogP contribution is -2.27. The van der Waals surface area contributed by atoms with Crippen molar-refractivity contribution in [3.05, 3.63) is 57.7 Å². The lowest BCUT2D eigenvalue weighted by molar-refractivity contribution is -0.121. The highest BCUT2D eigenvalue weighted by atomic mass is 32.1. The second-order valence-electron chi connectivity index (χ2n) is 5.18. The average molecular weight is 344 g/mol. The Morgan fingerprint density at radius 3 is 3.00 bits per heavy atom. The van der Waals surface area contributed by atoms with Crippen LogP contribution in [0.1, 0.15) is 11.1 Å². The second-order valence-corrected chi connectivity index (χ2v) is 6.52. The number of hydrogen-bond donors (Lipinski definition) is 2. The lowest BCUT2D eigenvalue weighted by atomic mass is 10.1. The summed E-state index contributed by atoms with van der Waals surface area (Å²) in [7, 11) is 0. The van der Waals surface area contributed by atoms with Crippen LogP contribution < -0.4 is 5.32 Å². The van der Waals surface area contributed by atoms with Gasteiger partial charge in [-0.25, -0.2) is 0 Å². The zero-order chi connectivity index (χ0) is 16.2. The number of nitrogens with zero attached hydrogens (tertiary/aromatic N) is 2. The molecule has 0 spiro atoms. The van der Waals surface area contributed by atoms with E-state index >= 15 is 0 Å². The molecular weight excluding hydrogens is 328 g/mol. The van der Waals surface area contributed by atoms with Crippen LogP contribution in [0.15, 0.2) is 41.8 Å². The molecule has 23 heavy (non-hydrogen) atoms. The first-order valence-corrected chi connectivity index (χ1v) is 8.43. The Labute approximate surface area is 143 Å². The average Bonchev–Trinajstić information content (AvgIpc) is 3.16. The van der Waals surface area contributed by atoms with Crippen LogP contribution in [0.3, 0.4) is 0 Å². The van der Waals surface area contributed by atoms with Crippen molar-refractivity contribution in [1.29, 1.82) is 0 Å². The number of rotatable bonds is 5. The Kier molecular flexibility index (Phi) is 4.68. The topological polar surface area (TPSA) is 62.7 Å². The van der Waals surface area contributed by atoms with E-state index in [0.717, 1.165) is 10.4 Å². The maximum atomic E-state index is 12.2. The van der Waals surface area contributed by atoms with E-state index in [9.17, 15) is 4.79 Å². The summed E-state index contributed by atoms with van der Waals surface area (Å²) in [5.74, 6) is 0.595. The standard InChI is InChI=1S/C16H16N4OS2/c1-11-4-2-5-12(8-11)9-17-14(21)10-20-15(18-19-16(20)22)13-6-3-7-23-13/h2-8H,9-10H2,1H3,(H,17,21)(H,19,22). The van der Waals surface area contributed by atoms with Gasteiger partial charge in [0.15, 0.2) is 10.6 Å². The molecule has 0 unspecified atom stereocenters. The molecular formula is C16H16N4OS2. The van der Waals surface area contributed by atoms with Crippen LogP contribution in [0.25, 0.3) is 10.7 Å². The first-order valence-electron chi connectivity index (χ1n) is 7.15. The van der Waals surface area contributed by atoms with Gasteiger partial charge in [0.1, 0.15) is 6.54 Å². The Balaban J connectivity index is 1.69. The van der Waals surface area contributed by atoms with Gasteiger partial charge < -0.3 is 5.32 Å². The van der Waals surface area contributed by atoms with Gasteiger partial charge in [0.05, 0.1) is 4.88 Å². The third-order valence-corrected chi connectivity index (χ3v) is 4.55. The molecule has 1 aromatic carbocycles. The van der Waals surface area contributed by atoms with E-state index in [0.29, 0.717) is 17.1 Å². The summed E-state index contributed by atoms with van der Waals surface area (Å²) >= 11 is 6.79. The number of H-pyrrole nitrogens is 1. The van der Waals surface area contributed by atoms with Crippen LogP contribution in [-0.2, 0) is 17.9 Å². The van der Waals surface area contributed by atoms with E-state index in [1.165, 1.54) is 5.56 Å². The number of amides is 1. The molecule has 0 fully saturated rings. The van der Waals surface area contributed by atoms with Gasteiger partial charge in [-0.15, -0.1) is 11.3 Å². The van der Waals surface area contributed by atoms with E-state index < -0.39 is 0 Å².